The Bertz CT molecular complexity index is 500. The molecule has 0 radical (unpaired) electrons. The maximum absolute atomic E-state index is 11.4. The summed E-state index contributed by atoms with van der Waals surface area (Å²) in [6.45, 7) is 11.1. The van der Waals surface area contributed by atoms with Gasteiger partial charge in [0.25, 0.3) is 0 Å². The summed E-state index contributed by atoms with van der Waals surface area (Å²) in [7, 11) is -2.30. The van der Waals surface area contributed by atoms with E-state index in [1.165, 1.54) is 0 Å². The molecule has 1 unspecified atom stereocenters. The summed E-state index contributed by atoms with van der Waals surface area (Å²) in [5.74, 6) is -1.97. The third-order valence-electron chi connectivity index (χ3n) is 4.43. The molecule has 1 saturated heterocycles. The second-order valence-corrected chi connectivity index (χ2v) is 12.0. The fraction of sp³-hybridized carbons (Fsp3) is 0.786. The van der Waals surface area contributed by atoms with Crippen LogP contribution in [-0.2, 0) is 18.8 Å². The molecule has 1 rings (SSSR count). The first-order valence-electron chi connectivity index (χ1n) is 7.37. The van der Waals surface area contributed by atoms with Gasteiger partial charge in [0.15, 0.2) is 8.32 Å². The van der Waals surface area contributed by atoms with E-state index < -0.39 is 44.7 Å². The van der Waals surface area contributed by atoms with Crippen LogP contribution < -0.4 is 0 Å². The van der Waals surface area contributed by atoms with E-state index in [0.29, 0.717) is 4.90 Å². The molecular formula is C14H25NO7Si. The quantitative estimate of drug-likeness (QED) is 0.591. The van der Waals surface area contributed by atoms with Crippen LogP contribution in [0.2, 0.25) is 18.1 Å². The fourth-order valence-corrected chi connectivity index (χ4v) is 3.56. The summed E-state index contributed by atoms with van der Waals surface area (Å²) in [6, 6.07) is -1.30. The van der Waals surface area contributed by atoms with Gasteiger partial charge in [-0.25, -0.2) is 9.59 Å². The number of amides is 1. The van der Waals surface area contributed by atoms with Crippen LogP contribution in [0.15, 0.2) is 0 Å². The zero-order chi connectivity index (χ0) is 18.2. The number of carbonyl (C=O) groups excluding carboxylic acids is 1. The molecule has 0 aromatic carbocycles. The lowest BCUT2D eigenvalue weighted by Gasteiger charge is -2.39. The van der Waals surface area contributed by atoms with Crippen molar-refractivity contribution in [3.63, 3.8) is 0 Å². The second-order valence-electron chi connectivity index (χ2n) is 7.20. The SMILES string of the molecule is CC(=O)OC1[C@H](O[Si](C)(C)C(C)(C)C)C[C@@H](C(=O)O)N1C(=O)O. The Hall–Kier alpha value is -1.61. The highest BCUT2D eigenvalue weighted by Gasteiger charge is 2.53. The lowest BCUT2D eigenvalue weighted by Crippen LogP contribution is -2.50. The number of carboxylic acid groups (broad SMARTS) is 2. The molecule has 23 heavy (non-hydrogen) atoms. The number of hydrogen-bond donors (Lipinski definition) is 2. The number of ether oxygens (including phenoxy) is 1. The van der Waals surface area contributed by atoms with Crippen molar-refractivity contribution in [2.24, 2.45) is 0 Å². The van der Waals surface area contributed by atoms with Gasteiger partial charge in [-0.3, -0.25) is 9.69 Å². The lowest BCUT2D eigenvalue weighted by molar-refractivity contribution is -0.161. The van der Waals surface area contributed by atoms with Crippen LogP contribution in [0.4, 0.5) is 4.79 Å². The van der Waals surface area contributed by atoms with Crippen LogP contribution in [0.3, 0.4) is 0 Å². The molecule has 1 amide bonds. The molecule has 1 aliphatic heterocycles. The van der Waals surface area contributed by atoms with Gasteiger partial charge in [0.05, 0.1) is 0 Å². The monoisotopic (exact) mass is 347 g/mol. The summed E-state index contributed by atoms with van der Waals surface area (Å²) in [4.78, 5) is 34.8. The lowest BCUT2D eigenvalue weighted by atomic mass is 10.2. The third-order valence-corrected chi connectivity index (χ3v) is 8.93. The van der Waals surface area contributed by atoms with Gasteiger partial charge in [0.2, 0.25) is 6.23 Å². The molecule has 0 aliphatic carbocycles. The summed E-state index contributed by atoms with van der Waals surface area (Å²) >= 11 is 0. The summed E-state index contributed by atoms with van der Waals surface area (Å²) in [5, 5.41) is 18.4. The van der Waals surface area contributed by atoms with E-state index in [9.17, 15) is 24.6 Å². The first kappa shape index (κ1) is 19.4. The smallest absolute Gasteiger partial charge is 0.411 e. The van der Waals surface area contributed by atoms with E-state index in [1.54, 1.807) is 0 Å². The molecule has 2 N–H and O–H groups in total. The number of aliphatic carboxylic acids is 1. The van der Waals surface area contributed by atoms with Crippen LogP contribution in [0.25, 0.3) is 0 Å². The molecule has 0 aromatic heterocycles. The molecule has 9 heteroatoms. The number of rotatable bonds is 4. The molecule has 8 nitrogen and oxygen atoms in total. The number of likely N-dealkylation sites (tertiary alicyclic amines) is 1. The predicted octanol–water partition coefficient (Wildman–Crippen LogP) is 2.10. The first-order chi connectivity index (χ1) is 10.3. The Morgan fingerprint density at radius 1 is 1.17 bits per heavy atom. The van der Waals surface area contributed by atoms with Crippen LogP contribution in [-0.4, -0.2) is 59.8 Å². The average Bonchev–Trinajstić information content (AvgIpc) is 2.65. The Balaban J connectivity index is 3.15. The summed E-state index contributed by atoms with van der Waals surface area (Å²) in [5.41, 5.74) is 0. The van der Waals surface area contributed by atoms with E-state index in [0.717, 1.165) is 6.92 Å². The van der Waals surface area contributed by atoms with E-state index in [-0.39, 0.29) is 11.5 Å². The van der Waals surface area contributed by atoms with Crippen LogP contribution in [0.5, 0.6) is 0 Å². The zero-order valence-corrected chi connectivity index (χ0v) is 15.3. The predicted molar refractivity (Wildman–Crippen MR) is 83.5 cm³/mol. The van der Waals surface area contributed by atoms with Crippen molar-refractivity contribution in [2.45, 2.75) is 70.6 Å². The van der Waals surface area contributed by atoms with Gasteiger partial charge < -0.3 is 19.4 Å². The summed E-state index contributed by atoms with van der Waals surface area (Å²) in [6.07, 6.45) is -3.55. The highest BCUT2D eigenvalue weighted by Crippen LogP contribution is 2.40. The first-order valence-corrected chi connectivity index (χ1v) is 10.3. The van der Waals surface area contributed by atoms with E-state index in [4.69, 9.17) is 9.16 Å². The molecule has 1 heterocycles. The topological polar surface area (TPSA) is 113 Å². The van der Waals surface area contributed by atoms with Crippen molar-refractivity contribution in [3.05, 3.63) is 0 Å². The van der Waals surface area contributed by atoms with Crippen molar-refractivity contribution < 1.29 is 33.8 Å². The fourth-order valence-electron chi connectivity index (χ4n) is 2.23. The van der Waals surface area contributed by atoms with Crippen molar-refractivity contribution in [1.82, 2.24) is 4.90 Å². The zero-order valence-electron chi connectivity index (χ0n) is 14.3. The van der Waals surface area contributed by atoms with Gasteiger partial charge in [-0.2, -0.15) is 0 Å². The highest BCUT2D eigenvalue weighted by molar-refractivity contribution is 6.74. The third kappa shape index (κ3) is 4.23. The van der Waals surface area contributed by atoms with Crippen LogP contribution >= 0.6 is 0 Å². The maximum atomic E-state index is 11.4. The van der Waals surface area contributed by atoms with Crippen molar-refractivity contribution >= 4 is 26.3 Å². The van der Waals surface area contributed by atoms with E-state index >= 15 is 0 Å². The minimum atomic E-state index is -2.30. The van der Waals surface area contributed by atoms with Crippen LogP contribution in [0.1, 0.15) is 34.1 Å². The highest BCUT2D eigenvalue weighted by atomic mass is 28.4. The number of carboxylic acids is 1. The Labute approximate surface area is 136 Å². The van der Waals surface area contributed by atoms with Crippen molar-refractivity contribution in [1.29, 1.82) is 0 Å². The summed E-state index contributed by atoms with van der Waals surface area (Å²) < 4.78 is 11.2. The number of esters is 1. The molecule has 0 spiro atoms. The van der Waals surface area contributed by atoms with Gasteiger partial charge >= 0.3 is 18.0 Å². The second kappa shape index (κ2) is 6.48. The van der Waals surface area contributed by atoms with Gasteiger partial charge in [-0.1, -0.05) is 20.8 Å². The Kier molecular flexibility index (Phi) is 5.48. The standard InChI is InChI=1S/C14H25NO7Si/c1-8(16)21-11-10(22-23(5,6)14(2,3)4)7-9(12(17)18)15(11)13(19)20/h9-11H,7H2,1-6H3,(H,17,18)(H,19,20)/t9-,10+,11?/m0/s1. The molecule has 0 bridgehead atoms. The van der Waals surface area contributed by atoms with Gasteiger partial charge in [-0.05, 0) is 18.1 Å². The molecule has 0 saturated carbocycles. The Morgan fingerprint density at radius 2 is 1.70 bits per heavy atom. The minimum Gasteiger partial charge on any atom is -0.480 e. The van der Waals surface area contributed by atoms with Crippen LogP contribution in [0, 0.1) is 0 Å². The maximum Gasteiger partial charge on any atom is 0.411 e. The molecule has 132 valence electrons. The van der Waals surface area contributed by atoms with Gasteiger partial charge in [0, 0.05) is 13.3 Å². The van der Waals surface area contributed by atoms with Gasteiger partial charge in [0.1, 0.15) is 12.1 Å². The normalized spacial score (nSPS) is 25.3. The largest absolute Gasteiger partial charge is 0.480 e. The number of carbonyl (C=O) groups is 3. The number of hydrogen-bond acceptors (Lipinski definition) is 5. The van der Waals surface area contributed by atoms with Gasteiger partial charge in [-0.15, -0.1) is 0 Å². The van der Waals surface area contributed by atoms with Crippen molar-refractivity contribution in [2.75, 3.05) is 0 Å². The Morgan fingerprint density at radius 3 is 2.04 bits per heavy atom. The van der Waals surface area contributed by atoms with E-state index in [1.807, 2.05) is 33.9 Å². The molecule has 0 aromatic rings. The minimum absolute atomic E-state index is 0.0495. The molecule has 1 fully saturated rings. The number of nitrogens with zero attached hydrogens (tertiary/aromatic N) is 1. The molecule has 1 aliphatic rings. The average molecular weight is 347 g/mol. The van der Waals surface area contributed by atoms with Crippen molar-refractivity contribution in [3.8, 4) is 0 Å². The molecular weight excluding hydrogens is 322 g/mol. The van der Waals surface area contributed by atoms with E-state index in [2.05, 4.69) is 0 Å². The molecule has 3 atom stereocenters.